The summed E-state index contributed by atoms with van der Waals surface area (Å²) < 4.78 is 0. The predicted octanol–water partition coefficient (Wildman–Crippen LogP) is 1.37. The Hall–Kier alpha value is -1.34. The van der Waals surface area contributed by atoms with Crippen molar-refractivity contribution < 1.29 is 4.79 Å². The molecule has 0 radical (unpaired) electrons. The Morgan fingerprint density at radius 3 is 2.85 bits per heavy atom. The van der Waals surface area contributed by atoms with Crippen LogP contribution in [0.4, 0.5) is 10.9 Å². The average Bonchev–Trinajstić information content (AvgIpc) is 3.06. The molecule has 1 aliphatic heterocycles. The zero-order chi connectivity index (χ0) is 14.4. The highest BCUT2D eigenvalue weighted by Crippen LogP contribution is 2.24. The van der Waals surface area contributed by atoms with Gasteiger partial charge in [0, 0.05) is 19.6 Å². The summed E-state index contributed by atoms with van der Waals surface area (Å²) in [5, 5.41) is 6.79. The first-order chi connectivity index (χ1) is 9.70. The van der Waals surface area contributed by atoms with Gasteiger partial charge < -0.3 is 21.3 Å². The fourth-order valence-corrected chi connectivity index (χ4v) is 3.04. The molecule has 112 valence electrons. The number of carbonyl (C=O) groups excluding carboxylic acids is 1. The van der Waals surface area contributed by atoms with Crippen LogP contribution in [-0.4, -0.2) is 48.5 Å². The van der Waals surface area contributed by atoms with Gasteiger partial charge in [-0.05, 0) is 32.4 Å². The van der Waals surface area contributed by atoms with Gasteiger partial charge in [-0.1, -0.05) is 18.3 Å². The van der Waals surface area contributed by atoms with Crippen LogP contribution in [-0.2, 0) is 0 Å². The normalized spacial score (nSPS) is 15.4. The minimum absolute atomic E-state index is 0.122. The second-order valence-electron chi connectivity index (χ2n) is 4.96. The minimum atomic E-state index is -0.122. The number of amides is 1. The number of likely N-dealkylation sites (tertiary alicyclic amines) is 1. The second kappa shape index (κ2) is 7.44. The van der Waals surface area contributed by atoms with E-state index in [1.54, 1.807) is 0 Å². The molecule has 0 bridgehead atoms. The standard InChI is InChI=1S/C13H23N5OS/c1-2-5-16-13-17-11(14)10(20-13)12(19)15-6-9-18-7-3-4-8-18/h2-9,14H2,1H3,(H,15,19)(H,16,17). The molecular formula is C13H23N5OS. The molecule has 0 aromatic carbocycles. The van der Waals surface area contributed by atoms with Crippen LogP contribution < -0.4 is 16.4 Å². The van der Waals surface area contributed by atoms with Crippen molar-refractivity contribution >= 4 is 28.2 Å². The van der Waals surface area contributed by atoms with E-state index in [0.29, 0.717) is 22.4 Å². The fraction of sp³-hybridized carbons (Fsp3) is 0.692. The zero-order valence-corrected chi connectivity index (χ0v) is 12.8. The summed E-state index contributed by atoms with van der Waals surface area (Å²) in [7, 11) is 0. The highest BCUT2D eigenvalue weighted by atomic mass is 32.1. The third-order valence-corrected chi connectivity index (χ3v) is 4.33. The van der Waals surface area contributed by atoms with Crippen molar-refractivity contribution in [2.45, 2.75) is 26.2 Å². The van der Waals surface area contributed by atoms with Crippen molar-refractivity contribution in [3.63, 3.8) is 0 Å². The molecule has 0 spiro atoms. The summed E-state index contributed by atoms with van der Waals surface area (Å²) in [6.45, 7) is 6.77. The van der Waals surface area contributed by atoms with Crippen molar-refractivity contribution in [1.82, 2.24) is 15.2 Å². The molecule has 6 nitrogen and oxygen atoms in total. The van der Waals surface area contributed by atoms with Crippen LogP contribution in [0.25, 0.3) is 0 Å². The second-order valence-corrected chi connectivity index (χ2v) is 5.96. The number of thiazole rings is 1. The van der Waals surface area contributed by atoms with Crippen LogP contribution in [0.2, 0.25) is 0 Å². The van der Waals surface area contributed by atoms with Crippen LogP contribution >= 0.6 is 11.3 Å². The Morgan fingerprint density at radius 2 is 2.15 bits per heavy atom. The molecule has 20 heavy (non-hydrogen) atoms. The molecule has 0 unspecified atom stereocenters. The number of carbonyl (C=O) groups is 1. The molecule has 1 aromatic heterocycles. The molecule has 7 heteroatoms. The van der Waals surface area contributed by atoms with Crippen LogP contribution in [0.5, 0.6) is 0 Å². The van der Waals surface area contributed by atoms with Crippen molar-refractivity contribution in [2.24, 2.45) is 0 Å². The zero-order valence-electron chi connectivity index (χ0n) is 11.9. The lowest BCUT2D eigenvalue weighted by Crippen LogP contribution is -2.33. The quantitative estimate of drug-likeness (QED) is 0.708. The SMILES string of the molecule is CCCNc1nc(N)c(C(=O)NCCN2CCCC2)s1. The average molecular weight is 297 g/mol. The lowest BCUT2D eigenvalue weighted by molar-refractivity contribution is 0.0954. The van der Waals surface area contributed by atoms with E-state index >= 15 is 0 Å². The molecular weight excluding hydrogens is 274 g/mol. The van der Waals surface area contributed by atoms with Crippen molar-refractivity contribution in [2.75, 3.05) is 43.8 Å². The molecule has 4 N–H and O–H groups in total. The maximum Gasteiger partial charge on any atom is 0.265 e. The smallest absolute Gasteiger partial charge is 0.265 e. The first kappa shape index (κ1) is 15.1. The molecule has 1 fully saturated rings. The molecule has 2 heterocycles. The first-order valence-electron chi connectivity index (χ1n) is 7.21. The van der Waals surface area contributed by atoms with Gasteiger partial charge in [-0.3, -0.25) is 4.79 Å². The summed E-state index contributed by atoms with van der Waals surface area (Å²) in [5.41, 5.74) is 5.80. The number of nitrogens with two attached hydrogens (primary N) is 1. The third kappa shape index (κ3) is 4.08. The van der Waals surface area contributed by atoms with E-state index in [0.717, 1.165) is 32.6 Å². The number of aromatic nitrogens is 1. The highest BCUT2D eigenvalue weighted by Gasteiger charge is 2.16. The topological polar surface area (TPSA) is 83.3 Å². The molecule has 0 atom stereocenters. The van der Waals surface area contributed by atoms with E-state index in [2.05, 4.69) is 27.4 Å². The number of nitrogen functional groups attached to an aromatic ring is 1. The molecule has 0 saturated carbocycles. The Bertz CT molecular complexity index is 442. The van der Waals surface area contributed by atoms with Gasteiger partial charge in [0.2, 0.25) is 0 Å². The summed E-state index contributed by atoms with van der Waals surface area (Å²) in [6, 6.07) is 0. The van der Waals surface area contributed by atoms with Crippen molar-refractivity contribution in [3.05, 3.63) is 4.88 Å². The van der Waals surface area contributed by atoms with E-state index < -0.39 is 0 Å². The lowest BCUT2D eigenvalue weighted by Gasteiger charge is -2.14. The van der Waals surface area contributed by atoms with Crippen LogP contribution in [0, 0.1) is 0 Å². The maximum absolute atomic E-state index is 12.1. The Balaban J connectivity index is 1.80. The monoisotopic (exact) mass is 297 g/mol. The number of rotatable bonds is 7. The number of anilines is 2. The molecule has 1 aliphatic rings. The molecule has 1 saturated heterocycles. The highest BCUT2D eigenvalue weighted by molar-refractivity contribution is 7.18. The number of hydrogen-bond donors (Lipinski definition) is 3. The number of nitrogens with one attached hydrogen (secondary N) is 2. The molecule has 1 amide bonds. The van der Waals surface area contributed by atoms with E-state index in [1.165, 1.54) is 24.2 Å². The van der Waals surface area contributed by atoms with Crippen molar-refractivity contribution in [3.8, 4) is 0 Å². The van der Waals surface area contributed by atoms with Crippen LogP contribution in [0.3, 0.4) is 0 Å². The van der Waals surface area contributed by atoms with Gasteiger partial charge in [0.15, 0.2) is 5.13 Å². The van der Waals surface area contributed by atoms with Gasteiger partial charge in [-0.25, -0.2) is 4.98 Å². The molecule has 2 rings (SSSR count). The van der Waals surface area contributed by atoms with E-state index in [1.807, 2.05) is 0 Å². The third-order valence-electron chi connectivity index (χ3n) is 3.30. The number of hydrogen-bond acceptors (Lipinski definition) is 6. The summed E-state index contributed by atoms with van der Waals surface area (Å²) in [5.74, 6) is 0.191. The Kier molecular flexibility index (Phi) is 5.60. The Labute approximate surface area is 123 Å². The lowest BCUT2D eigenvalue weighted by atomic mass is 10.4. The minimum Gasteiger partial charge on any atom is -0.382 e. The van der Waals surface area contributed by atoms with Gasteiger partial charge in [-0.15, -0.1) is 0 Å². The van der Waals surface area contributed by atoms with E-state index in [4.69, 9.17) is 5.73 Å². The van der Waals surface area contributed by atoms with Crippen molar-refractivity contribution in [1.29, 1.82) is 0 Å². The van der Waals surface area contributed by atoms with E-state index in [9.17, 15) is 4.79 Å². The molecule has 1 aromatic rings. The number of nitrogens with zero attached hydrogens (tertiary/aromatic N) is 2. The first-order valence-corrected chi connectivity index (χ1v) is 8.03. The molecule has 0 aliphatic carbocycles. The fourth-order valence-electron chi connectivity index (χ4n) is 2.22. The van der Waals surface area contributed by atoms with Gasteiger partial charge in [-0.2, -0.15) is 0 Å². The van der Waals surface area contributed by atoms with Crippen LogP contribution in [0.15, 0.2) is 0 Å². The van der Waals surface area contributed by atoms with Gasteiger partial charge in [0.05, 0.1) is 0 Å². The largest absolute Gasteiger partial charge is 0.382 e. The summed E-state index contributed by atoms with van der Waals surface area (Å²) in [6.07, 6.45) is 3.54. The van der Waals surface area contributed by atoms with Gasteiger partial charge >= 0.3 is 0 Å². The van der Waals surface area contributed by atoms with E-state index in [-0.39, 0.29) is 5.91 Å². The Morgan fingerprint density at radius 1 is 1.40 bits per heavy atom. The van der Waals surface area contributed by atoms with Crippen LogP contribution in [0.1, 0.15) is 35.9 Å². The summed E-state index contributed by atoms with van der Waals surface area (Å²) in [4.78, 5) is 19.1. The predicted molar refractivity (Wildman–Crippen MR) is 83.3 cm³/mol. The summed E-state index contributed by atoms with van der Waals surface area (Å²) >= 11 is 1.32. The van der Waals surface area contributed by atoms with Gasteiger partial charge in [0.1, 0.15) is 10.7 Å². The maximum atomic E-state index is 12.1. The van der Waals surface area contributed by atoms with Gasteiger partial charge in [0.25, 0.3) is 5.91 Å².